The summed E-state index contributed by atoms with van der Waals surface area (Å²) in [5.74, 6) is 0.321. The van der Waals surface area contributed by atoms with Crippen LogP contribution in [0.5, 0.6) is 11.5 Å². The molecule has 1 heterocycles. The molecule has 0 aliphatic carbocycles. The van der Waals surface area contributed by atoms with Crippen LogP contribution in [0.1, 0.15) is 19.8 Å². The fourth-order valence-corrected chi connectivity index (χ4v) is 5.60. The molecule has 0 aromatic heterocycles. The van der Waals surface area contributed by atoms with Gasteiger partial charge in [0.1, 0.15) is 16.4 Å². The molecule has 0 N–H and O–H groups in total. The number of anilines is 1. The minimum absolute atomic E-state index is 0.0242. The minimum atomic E-state index is -3.87. The van der Waals surface area contributed by atoms with E-state index in [-0.39, 0.29) is 23.1 Å². The van der Waals surface area contributed by atoms with Crippen molar-refractivity contribution in [3.63, 3.8) is 0 Å². The number of halogens is 1. The summed E-state index contributed by atoms with van der Waals surface area (Å²) in [5.41, 5.74) is 0.692. The topological polar surface area (TPSA) is 76.2 Å². The Morgan fingerprint density at radius 1 is 1.26 bits per heavy atom. The highest BCUT2D eigenvalue weighted by Gasteiger charge is 2.36. The summed E-state index contributed by atoms with van der Waals surface area (Å²) in [7, 11) is -0.616. The number of amides is 1. The first-order valence-corrected chi connectivity index (χ1v) is 11.9. The Morgan fingerprint density at radius 2 is 2.03 bits per heavy atom. The van der Waals surface area contributed by atoms with Gasteiger partial charge in [-0.3, -0.25) is 4.79 Å². The lowest BCUT2D eigenvalue weighted by Crippen LogP contribution is -2.46. The van der Waals surface area contributed by atoms with Gasteiger partial charge in [0, 0.05) is 36.9 Å². The molecule has 168 valence electrons. The van der Waals surface area contributed by atoms with Gasteiger partial charge in [-0.2, -0.15) is 4.31 Å². The van der Waals surface area contributed by atoms with Gasteiger partial charge in [-0.25, -0.2) is 8.42 Å². The quantitative estimate of drug-likeness (QED) is 0.620. The Labute approximate surface area is 188 Å². The van der Waals surface area contributed by atoms with E-state index in [9.17, 15) is 13.2 Å². The molecular weight excluding hydrogens is 440 g/mol. The number of piperidine rings is 1. The van der Waals surface area contributed by atoms with Crippen molar-refractivity contribution in [2.45, 2.75) is 24.7 Å². The molecule has 0 bridgehead atoms. The zero-order valence-electron chi connectivity index (χ0n) is 17.9. The number of ether oxygens (including phenoxy) is 2. The van der Waals surface area contributed by atoms with Crippen molar-refractivity contribution in [2.24, 2.45) is 5.92 Å². The normalized spacial score (nSPS) is 17.2. The molecule has 3 rings (SSSR count). The second kappa shape index (κ2) is 9.89. The fourth-order valence-electron chi connectivity index (χ4n) is 3.68. The molecule has 1 aliphatic heterocycles. The van der Waals surface area contributed by atoms with Crippen LogP contribution in [-0.4, -0.2) is 52.5 Å². The van der Waals surface area contributed by atoms with Crippen molar-refractivity contribution < 1.29 is 22.7 Å². The highest BCUT2D eigenvalue weighted by Crippen LogP contribution is 2.33. The third kappa shape index (κ3) is 5.14. The number of nitrogens with zero attached hydrogens (tertiary/aromatic N) is 2. The number of hydrogen-bond acceptors (Lipinski definition) is 5. The zero-order chi connectivity index (χ0) is 22.6. The maximum absolute atomic E-state index is 13.4. The van der Waals surface area contributed by atoms with Crippen LogP contribution < -0.4 is 14.4 Å². The Hall–Kier alpha value is -2.29. The van der Waals surface area contributed by atoms with Gasteiger partial charge in [0.2, 0.25) is 15.9 Å². The summed E-state index contributed by atoms with van der Waals surface area (Å²) in [6, 6.07) is 11.8. The molecule has 1 amide bonds. The third-order valence-corrected chi connectivity index (χ3v) is 7.45. The molecule has 2 aromatic carbocycles. The van der Waals surface area contributed by atoms with Crippen molar-refractivity contribution in [1.82, 2.24) is 4.31 Å². The summed E-state index contributed by atoms with van der Waals surface area (Å²) in [4.78, 5) is 14.7. The second-order valence-corrected chi connectivity index (χ2v) is 9.67. The minimum Gasteiger partial charge on any atom is -0.497 e. The van der Waals surface area contributed by atoms with Gasteiger partial charge >= 0.3 is 0 Å². The lowest BCUT2D eigenvalue weighted by molar-refractivity contribution is -0.123. The first kappa shape index (κ1) is 23.4. The van der Waals surface area contributed by atoms with E-state index >= 15 is 0 Å². The summed E-state index contributed by atoms with van der Waals surface area (Å²) in [6.07, 6.45) is 1.21. The third-order valence-electron chi connectivity index (χ3n) is 5.33. The summed E-state index contributed by atoms with van der Waals surface area (Å²) >= 11 is 6.07. The second-order valence-electron chi connectivity index (χ2n) is 7.33. The van der Waals surface area contributed by atoms with E-state index in [2.05, 4.69) is 0 Å². The molecular formula is C22H27ClN2O5S. The van der Waals surface area contributed by atoms with Crippen LogP contribution in [0.4, 0.5) is 5.69 Å². The van der Waals surface area contributed by atoms with Crippen LogP contribution in [0.2, 0.25) is 5.02 Å². The maximum Gasteiger partial charge on any atom is 0.246 e. The number of rotatable bonds is 7. The summed E-state index contributed by atoms with van der Waals surface area (Å²) in [5, 5.41) is 0.310. The molecule has 7 nitrogen and oxygen atoms in total. The van der Waals surface area contributed by atoms with Gasteiger partial charge in [-0.1, -0.05) is 17.7 Å². The van der Waals surface area contributed by atoms with Crippen molar-refractivity contribution in [1.29, 1.82) is 0 Å². The van der Waals surface area contributed by atoms with E-state index in [0.29, 0.717) is 42.5 Å². The van der Waals surface area contributed by atoms with Crippen molar-refractivity contribution in [2.75, 3.05) is 38.8 Å². The van der Waals surface area contributed by atoms with E-state index in [0.717, 1.165) is 0 Å². The van der Waals surface area contributed by atoms with Crippen molar-refractivity contribution in [3.8, 4) is 11.5 Å². The molecule has 0 saturated carbocycles. The van der Waals surface area contributed by atoms with E-state index < -0.39 is 15.9 Å². The van der Waals surface area contributed by atoms with Crippen LogP contribution in [0.3, 0.4) is 0 Å². The predicted molar refractivity (Wildman–Crippen MR) is 121 cm³/mol. The molecule has 0 spiro atoms. The van der Waals surface area contributed by atoms with E-state index in [1.807, 2.05) is 12.1 Å². The van der Waals surface area contributed by atoms with Gasteiger partial charge in [0.25, 0.3) is 0 Å². The van der Waals surface area contributed by atoms with Crippen molar-refractivity contribution in [3.05, 3.63) is 47.5 Å². The molecule has 31 heavy (non-hydrogen) atoms. The van der Waals surface area contributed by atoms with E-state index in [1.165, 1.54) is 10.4 Å². The Bertz CT molecular complexity index is 1040. The number of carbonyl (C=O) groups excluding carboxylic acids is 1. The average molecular weight is 467 g/mol. The van der Waals surface area contributed by atoms with Gasteiger partial charge in [0.05, 0.1) is 19.6 Å². The molecule has 1 saturated heterocycles. The number of carbonyl (C=O) groups is 1. The van der Waals surface area contributed by atoms with E-state index in [1.54, 1.807) is 50.2 Å². The molecule has 1 atom stereocenters. The Balaban J connectivity index is 1.82. The first-order chi connectivity index (χ1) is 14.8. The lowest BCUT2D eigenvalue weighted by atomic mass is 9.98. The highest BCUT2D eigenvalue weighted by molar-refractivity contribution is 7.89. The van der Waals surface area contributed by atoms with Crippen LogP contribution >= 0.6 is 11.6 Å². The van der Waals surface area contributed by atoms with Crippen LogP contribution in [0.15, 0.2) is 47.4 Å². The Kier molecular flexibility index (Phi) is 7.46. The molecule has 0 radical (unpaired) electrons. The SMILES string of the molecule is CCOc1ccc(Cl)cc1S(=O)(=O)N1CCC[C@H](C(=O)N(C)c2cccc(OC)c2)C1. The van der Waals surface area contributed by atoms with Gasteiger partial charge < -0.3 is 14.4 Å². The summed E-state index contributed by atoms with van der Waals surface area (Å²) in [6.45, 7) is 2.56. The molecule has 1 aliphatic rings. The van der Waals surface area contributed by atoms with E-state index in [4.69, 9.17) is 21.1 Å². The summed E-state index contributed by atoms with van der Waals surface area (Å²) < 4.78 is 38.8. The molecule has 9 heteroatoms. The monoisotopic (exact) mass is 466 g/mol. The lowest BCUT2D eigenvalue weighted by Gasteiger charge is -2.33. The van der Waals surface area contributed by atoms with Crippen LogP contribution in [0.25, 0.3) is 0 Å². The van der Waals surface area contributed by atoms with Gasteiger partial charge in [-0.05, 0) is 50.1 Å². The Morgan fingerprint density at radius 3 is 2.74 bits per heavy atom. The van der Waals surface area contributed by atoms with Gasteiger partial charge in [0.15, 0.2) is 0 Å². The predicted octanol–water partition coefficient (Wildman–Crippen LogP) is 3.81. The standard InChI is InChI=1S/C22H27ClN2O5S/c1-4-30-20-11-10-17(23)13-21(20)31(27,28)25-12-6-7-16(15-25)22(26)24(2)18-8-5-9-19(14-18)29-3/h5,8-11,13-14,16H,4,6-7,12,15H2,1-3H3/t16-/m0/s1. The van der Waals surface area contributed by atoms with Crippen molar-refractivity contribution >= 4 is 33.2 Å². The number of sulfonamides is 1. The smallest absolute Gasteiger partial charge is 0.246 e. The highest BCUT2D eigenvalue weighted by atomic mass is 35.5. The fraction of sp³-hybridized carbons (Fsp3) is 0.409. The van der Waals surface area contributed by atoms with Crippen LogP contribution in [0, 0.1) is 5.92 Å². The molecule has 0 unspecified atom stereocenters. The zero-order valence-corrected chi connectivity index (χ0v) is 19.4. The number of benzene rings is 2. The van der Waals surface area contributed by atoms with Crippen LogP contribution in [-0.2, 0) is 14.8 Å². The average Bonchev–Trinajstić information content (AvgIpc) is 2.79. The molecule has 1 fully saturated rings. The number of methoxy groups -OCH3 is 1. The number of hydrogen-bond donors (Lipinski definition) is 0. The first-order valence-electron chi connectivity index (χ1n) is 10.1. The molecule has 2 aromatic rings. The maximum atomic E-state index is 13.4. The largest absolute Gasteiger partial charge is 0.497 e. The van der Waals surface area contributed by atoms with Gasteiger partial charge in [-0.15, -0.1) is 0 Å².